The Labute approximate surface area is 104 Å². The molecule has 0 unspecified atom stereocenters. The van der Waals surface area contributed by atoms with Crippen molar-refractivity contribution >= 4 is 21.8 Å². The van der Waals surface area contributed by atoms with Gasteiger partial charge in [0.1, 0.15) is 5.69 Å². The molecule has 1 amide bonds. The summed E-state index contributed by atoms with van der Waals surface area (Å²) in [5, 5.41) is 0. The van der Waals surface area contributed by atoms with Gasteiger partial charge in [-0.05, 0) is 35.3 Å². The Bertz CT molecular complexity index is 402. The highest BCUT2D eigenvalue weighted by Crippen LogP contribution is 2.18. The van der Waals surface area contributed by atoms with Crippen LogP contribution in [-0.2, 0) is 6.54 Å². The minimum absolute atomic E-state index is 0.0838. The lowest BCUT2D eigenvalue weighted by molar-refractivity contribution is 0.0780. The smallest absolute Gasteiger partial charge is 0.270 e. The molecular formula is C11H16BrN3O. The molecule has 1 atom stereocenters. The van der Waals surface area contributed by atoms with E-state index in [1.807, 2.05) is 28.7 Å². The molecule has 2 N–H and O–H groups in total. The van der Waals surface area contributed by atoms with Gasteiger partial charge in [0.15, 0.2) is 0 Å². The maximum atomic E-state index is 12.2. The number of halogens is 1. The zero-order chi connectivity index (χ0) is 11.7. The van der Waals surface area contributed by atoms with Crippen LogP contribution in [0.25, 0.3) is 0 Å². The van der Waals surface area contributed by atoms with Crippen molar-refractivity contribution in [3.05, 3.63) is 22.4 Å². The van der Waals surface area contributed by atoms with Crippen LogP contribution in [0.2, 0.25) is 0 Å². The topological polar surface area (TPSA) is 51.3 Å². The van der Waals surface area contributed by atoms with E-state index in [1.165, 1.54) is 0 Å². The zero-order valence-electron chi connectivity index (χ0n) is 9.32. The number of likely N-dealkylation sites (tertiary alicyclic amines) is 1. The van der Waals surface area contributed by atoms with E-state index in [-0.39, 0.29) is 11.9 Å². The van der Waals surface area contributed by atoms with E-state index in [0.717, 1.165) is 29.7 Å². The van der Waals surface area contributed by atoms with E-state index >= 15 is 0 Å². The number of aromatic nitrogens is 1. The highest BCUT2D eigenvalue weighted by Gasteiger charge is 2.26. The molecule has 0 bridgehead atoms. The lowest BCUT2D eigenvalue weighted by Gasteiger charge is -2.16. The molecule has 5 heteroatoms. The van der Waals surface area contributed by atoms with Crippen molar-refractivity contribution in [1.29, 1.82) is 0 Å². The van der Waals surface area contributed by atoms with Gasteiger partial charge in [-0.1, -0.05) is 0 Å². The maximum Gasteiger partial charge on any atom is 0.270 e. The molecule has 0 radical (unpaired) electrons. The number of hydrogen-bond acceptors (Lipinski definition) is 2. The minimum atomic E-state index is 0.0838. The molecule has 2 heterocycles. The van der Waals surface area contributed by atoms with Crippen LogP contribution in [0, 0.1) is 0 Å². The molecule has 1 aromatic heterocycles. The number of carbonyl (C=O) groups excluding carboxylic acids is 1. The van der Waals surface area contributed by atoms with E-state index in [0.29, 0.717) is 6.54 Å². The number of carbonyl (C=O) groups is 1. The van der Waals surface area contributed by atoms with Crippen molar-refractivity contribution in [2.24, 2.45) is 5.73 Å². The number of nitrogens with two attached hydrogens (primary N) is 1. The molecule has 0 saturated carbocycles. The van der Waals surface area contributed by atoms with Gasteiger partial charge < -0.3 is 15.2 Å². The zero-order valence-corrected chi connectivity index (χ0v) is 10.9. The number of rotatable bonds is 2. The summed E-state index contributed by atoms with van der Waals surface area (Å²) in [6, 6.07) is 2.01. The van der Waals surface area contributed by atoms with Gasteiger partial charge in [-0.3, -0.25) is 4.79 Å². The van der Waals surface area contributed by atoms with Gasteiger partial charge in [0, 0.05) is 36.3 Å². The summed E-state index contributed by atoms with van der Waals surface area (Å²) in [5.41, 5.74) is 6.55. The third-order valence-corrected chi connectivity index (χ3v) is 3.37. The summed E-state index contributed by atoms with van der Waals surface area (Å²) in [5.74, 6) is 0.0838. The van der Waals surface area contributed by atoms with Crippen molar-refractivity contribution in [2.75, 3.05) is 13.1 Å². The first-order valence-electron chi connectivity index (χ1n) is 5.52. The SMILES string of the molecule is CCn1cc(Br)cc1C(=O)N1CC[C@H](N)C1. The molecule has 1 aliphatic rings. The first-order chi connectivity index (χ1) is 7.61. The van der Waals surface area contributed by atoms with Gasteiger partial charge in [-0.2, -0.15) is 0 Å². The Morgan fingerprint density at radius 3 is 3.00 bits per heavy atom. The summed E-state index contributed by atoms with van der Waals surface area (Å²) >= 11 is 3.40. The van der Waals surface area contributed by atoms with Crippen molar-refractivity contribution in [1.82, 2.24) is 9.47 Å². The summed E-state index contributed by atoms with van der Waals surface area (Å²) in [4.78, 5) is 14.0. The molecule has 16 heavy (non-hydrogen) atoms. The van der Waals surface area contributed by atoms with Gasteiger partial charge in [0.05, 0.1) is 0 Å². The third-order valence-electron chi connectivity index (χ3n) is 2.93. The van der Waals surface area contributed by atoms with Crippen LogP contribution < -0.4 is 5.73 Å². The molecule has 1 aromatic rings. The highest BCUT2D eigenvalue weighted by molar-refractivity contribution is 9.10. The summed E-state index contributed by atoms with van der Waals surface area (Å²) < 4.78 is 2.90. The average molecular weight is 286 g/mol. The minimum Gasteiger partial charge on any atom is -0.343 e. The van der Waals surface area contributed by atoms with E-state index in [2.05, 4.69) is 15.9 Å². The van der Waals surface area contributed by atoms with Gasteiger partial charge in [-0.15, -0.1) is 0 Å². The summed E-state index contributed by atoms with van der Waals surface area (Å²) in [6.07, 6.45) is 2.84. The second kappa shape index (κ2) is 4.59. The van der Waals surface area contributed by atoms with Crippen LogP contribution in [0.1, 0.15) is 23.8 Å². The number of aryl methyl sites for hydroxylation is 1. The van der Waals surface area contributed by atoms with Gasteiger partial charge in [0.25, 0.3) is 5.91 Å². The lowest BCUT2D eigenvalue weighted by atomic mass is 10.3. The first kappa shape index (κ1) is 11.7. The standard InChI is InChI=1S/C11H16BrN3O/c1-2-14-6-8(12)5-10(14)11(16)15-4-3-9(13)7-15/h5-6,9H,2-4,7,13H2,1H3/t9-/m0/s1. The Kier molecular flexibility index (Phi) is 3.35. The molecule has 1 fully saturated rings. The molecule has 0 aromatic carbocycles. The molecule has 88 valence electrons. The van der Waals surface area contributed by atoms with Crippen molar-refractivity contribution < 1.29 is 4.79 Å². The predicted molar refractivity (Wildman–Crippen MR) is 66.3 cm³/mol. The van der Waals surface area contributed by atoms with Crippen LogP contribution in [-0.4, -0.2) is 34.5 Å². The van der Waals surface area contributed by atoms with E-state index in [4.69, 9.17) is 5.73 Å². The quantitative estimate of drug-likeness (QED) is 0.894. The average Bonchev–Trinajstić information content (AvgIpc) is 2.83. The molecule has 1 saturated heterocycles. The predicted octanol–water partition coefficient (Wildman–Crippen LogP) is 1.44. The Balaban J connectivity index is 2.20. The van der Waals surface area contributed by atoms with E-state index in [9.17, 15) is 4.79 Å². The Hall–Kier alpha value is -0.810. The van der Waals surface area contributed by atoms with Crippen LogP contribution in [0.4, 0.5) is 0 Å². The van der Waals surface area contributed by atoms with E-state index in [1.54, 1.807) is 0 Å². The van der Waals surface area contributed by atoms with Gasteiger partial charge in [-0.25, -0.2) is 0 Å². The molecule has 2 rings (SSSR count). The molecule has 4 nitrogen and oxygen atoms in total. The monoisotopic (exact) mass is 285 g/mol. The van der Waals surface area contributed by atoms with Crippen molar-refractivity contribution in [3.8, 4) is 0 Å². The molecule has 0 spiro atoms. The molecule has 1 aliphatic heterocycles. The second-order valence-corrected chi connectivity index (χ2v) is 5.05. The van der Waals surface area contributed by atoms with Crippen LogP contribution in [0.3, 0.4) is 0 Å². The fourth-order valence-electron chi connectivity index (χ4n) is 2.05. The number of amides is 1. The van der Waals surface area contributed by atoms with Crippen LogP contribution in [0.15, 0.2) is 16.7 Å². The first-order valence-corrected chi connectivity index (χ1v) is 6.31. The summed E-state index contributed by atoms with van der Waals surface area (Å²) in [7, 11) is 0. The molecule has 0 aliphatic carbocycles. The number of hydrogen-bond donors (Lipinski definition) is 1. The van der Waals surface area contributed by atoms with Gasteiger partial charge >= 0.3 is 0 Å². The van der Waals surface area contributed by atoms with E-state index < -0.39 is 0 Å². The maximum absolute atomic E-state index is 12.2. The van der Waals surface area contributed by atoms with Crippen molar-refractivity contribution in [2.45, 2.75) is 25.9 Å². The van der Waals surface area contributed by atoms with Crippen molar-refractivity contribution in [3.63, 3.8) is 0 Å². The highest BCUT2D eigenvalue weighted by atomic mass is 79.9. The largest absolute Gasteiger partial charge is 0.343 e. The fourth-order valence-corrected chi connectivity index (χ4v) is 2.51. The fraction of sp³-hybridized carbons (Fsp3) is 0.545. The normalized spacial score (nSPS) is 20.4. The Morgan fingerprint density at radius 2 is 2.44 bits per heavy atom. The third kappa shape index (κ3) is 2.15. The second-order valence-electron chi connectivity index (χ2n) is 4.13. The van der Waals surface area contributed by atoms with Crippen LogP contribution in [0.5, 0.6) is 0 Å². The lowest BCUT2D eigenvalue weighted by Crippen LogP contribution is -2.33. The Morgan fingerprint density at radius 1 is 1.69 bits per heavy atom. The van der Waals surface area contributed by atoms with Gasteiger partial charge in [0.2, 0.25) is 0 Å². The van der Waals surface area contributed by atoms with Crippen LogP contribution >= 0.6 is 15.9 Å². The summed E-state index contributed by atoms with van der Waals surface area (Å²) in [6.45, 7) is 4.27. The number of nitrogens with zero attached hydrogens (tertiary/aromatic N) is 2. The molecular weight excluding hydrogens is 270 g/mol.